The average Bonchev–Trinajstić information content (AvgIpc) is 3.12. The van der Waals surface area contributed by atoms with Crippen LogP contribution in [-0.2, 0) is 17.8 Å². The highest BCUT2D eigenvalue weighted by Crippen LogP contribution is 2.35. The summed E-state index contributed by atoms with van der Waals surface area (Å²) in [4.78, 5) is 16.0. The third-order valence-corrected chi connectivity index (χ3v) is 5.96. The molecule has 4 rings (SSSR count). The second-order valence-corrected chi connectivity index (χ2v) is 8.31. The molecule has 0 aliphatic carbocycles. The molecule has 2 heterocycles. The largest absolute Gasteiger partial charge is 0.506 e. The predicted molar refractivity (Wildman–Crippen MR) is 119 cm³/mol. The fraction of sp³-hybridized carbons (Fsp3) is 0.458. The second-order valence-electron chi connectivity index (χ2n) is 8.31. The maximum absolute atomic E-state index is 12.6. The monoisotopic (exact) mass is 426 g/mol. The van der Waals surface area contributed by atoms with Crippen molar-refractivity contribution in [3.05, 3.63) is 47.5 Å². The highest BCUT2D eigenvalue weighted by molar-refractivity contribution is 5.77. The Bertz CT molecular complexity index is 925. The number of benzene rings is 2. The van der Waals surface area contributed by atoms with Gasteiger partial charge in [0.25, 0.3) is 5.91 Å². The smallest absolute Gasteiger partial charge is 0.275 e. The summed E-state index contributed by atoms with van der Waals surface area (Å²) in [7, 11) is 0. The number of quaternary nitrogens is 1. The molecule has 2 aliphatic heterocycles. The number of aromatic hydroxyl groups is 1. The summed E-state index contributed by atoms with van der Waals surface area (Å²) in [5.41, 5.74) is 2.97. The Kier molecular flexibility index (Phi) is 6.51. The number of hydrogen-bond acceptors (Lipinski definition) is 5. The molecule has 0 saturated carbocycles. The van der Waals surface area contributed by atoms with Crippen molar-refractivity contribution in [2.45, 2.75) is 32.9 Å². The molecule has 1 amide bonds. The van der Waals surface area contributed by atoms with Crippen LogP contribution in [0.15, 0.2) is 36.4 Å². The second kappa shape index (κ2) is 9.47. The number of phenolic OH excluding ortho intramolecular Hbond substituents is 1. The van der Waals surface area contributed by atoms with Crippen LogP contribution in [0.5, 0.6) is 17.2 Å². The molecule has 0 unspecified atom stereocenters. The number of fused-ring (bicyclic) bond motifs is 1. The molecule has 2 aromatic carbocycles. The van der Waals surface area contributed by atoms with Gasteiger partial charge in [-0.1, -0.05) is 12.1 Å². The summed E-state index contributed by atoms with van der Waals surface area (Å²) >= 11 is 0. The highest BCUT2D eigenvalue weighted by Gasteiger charge is 2.25. The third-order valence-electron chi connectivity index (χ3n) is 5.96. The lowest BCUT2D eigenvalue weighted by atomic mass is 10.1. The number of carbonyl (C=O) groups excluding carboxylic acids is 1. The van der Waals surface area contributed by atoms with Crippen molar-refractivity contribution in [3.8, 4) is 17.2 Å². The number of para-hydroxylation sites is 2. The summed E-state index contributed by atoms with van der Waals surface area (Å²) < 4.78 is 11.7. The molecule has 7 nitrogen and oxygen atoms in total. The van der Waals surface area contributed by atoms with Crippen LogP contribution < -0.4 is 24.6 Å². The van der Waals surface area contributed by atoms with Crippen LogP contribution in [0.2, 0.25) is 0 Å². The number of amides is 1. The Morgan fingerprint density at radius 3 is 2.81 bits per heavy atom. The van der Waals surface area contributed by atoms with E-state index >= 15 is 0 Å². The molecule has 3 N–H and O–H groups in total. The lowest BCUT2D eigenvalue weighted by molar-refractivity contribution is -0.892. The number of hydrogen-bond donors (Lipinski definition) is 3. The molecule has 0 aromatic heterocycles. The molecule has 7 heteroatoms. The van der Waals surface area contributed by atoms with Crippen LogP contribution in [0, 0.1) is 0 Å². The molecular formula is C24H32N3O4+. The summed E-state index contributed by atoms with van der Waals surface area (Å²) in [6.45, 7) is 8.82. The first-order valence-electron chi connectivity index (χ1n) is 11.1. The zero-order chi connectivity index (χ0) is 21.8. The topological polar surface area (TPSA) is 75.5 Å². The summed E-state index contributed by atoms with van der Waals surface area (Å²) in [5, 5.41) is 13.1. The van der Waals surface area contributed by atoms with Gasteiger partial charge in [-0.3, -0.25) is 4.79 Å². The molecule has 2 aromatic rings. The summed E-state index contributed by atoms with van der Waals surface area (Å²) in [5.74, 6) is 2.05. The number of anilines is 1. The molecule has 1 fully saturated rings. The highest BCUT2D eigenvalue weighted by atomic mass is 16.5. The Morgan fingerprint density at radius 2 is 2.06 bits per heavy atom. The van der Waals surface area contributed by atoms with Gasteiger partial charge in [-0.05, 0) is 38.1 Å². The van der Waals surface area contributed by atoms with Gasteiger partial charge in [0.2, 0.25) is 0 Å². The van der Waals surface area contributed by atoms with Gasteiger partial charge in [-0.25, -0.2) is 0 Å². The SMILES string of the molecule is CCOc1cc2c(cc1CNC(=O)C[NH+]1CCN(c3ccccc3O)CC1)O[C@@H](C)C2. The number of ether oxygens (including phenoxy) is 2. The van der Waals surface area contributed by atoms with Crippen molar-refractivity contribution >= 4 is 11.6 Å². The first kappa shape index (κ1) is 21.3. The van der Waals surface area contributed by atoms with E-state index in [1.807, 2.05) is 37.3 Å². The van der Waals surface area contributed by atoms with E-state index in [1.165, 1.54) is 4.90 Å². The van der Waals surface area contributed by atoms with Crippen molar-refractivity contribution in [1.82, 2.24) is 5.32 Å². The van der Waals surface area contributed by atoms with Gasteiger partial charge in [-0.15, -0.1) is 0 Å². The Labute approximate surface area is 183 Å². The maximum Gasteiger partial charge on any atom is 0.275 e. The van der Waals surface area contributed by atoms with Crippen LogP contribution in [0.25, 0.3) is 0 Å². The van der Waals surface area contributed by atoms with Crippen LogP contribution in [0.3, 0.4) is 0 Å². The van der Waals surface area contributed by atoms with Gasteiger partial charge in [0.1, 0.15) is 23.4 Å². The minimum Gasteiger partial charge on any atom is -0.506 e. The quantitative estimate of drug-likeness (QED) is 0.619. The number of carbonyl (C=O) groups is 1. The van der Waals surface area contributed by atoms with Crippen LogP contribution >= 0.6 is 0 Å². The van der Waals surface area contributed by atoms with Crippen molar-refractivity contribution in [3.63, 3.8) is 0 Å². The third kappa shape index (κ3) is 5.05. The zero-order valence-electron chi connectivity index (χ0n) is 18.3. The first-order chi connectivity index (χ1) is 15.0. The number of nitrogens with zero attached hydrogens (tertiary/aromatic N) is 1. The zero-order valence-corrected chi connectivity index (χ0v) is 18.3. The number of phenols is 1. The molecule has 31 heavy (non-hydrogen) atoms. The van der Waals surface area contributed by atoms with Crippen molar-refractivity contribution in [1.29, 1.82) is 0 Å². The van der Waals surface area contributed by atoms with E-state index in [1.54, 1.807) is 6.07 Å². The predicted octanol–water partition coefficient (Wildman–Crippen LogP) is 1.14. The lowest BCUT2D eigenvalue weighted by Gasteiger charge is -2.33. The Hall–Kier alpha value is -2.93. The van der Waals surface area contributed by atoms with Crippen molar-refractivity contribution < 1.29 is 24.3 Å². The molecule has 0 spiro atoms. The number of nitrogens with one attached hydrogen (secondary N) is 2. The van der Waals surface area contributed by atoms with Gasteiger partial charge in [0, 0.05) is 24.1 Å². The molecule has 1 atom stereocenters. The van der Waals surface area contributed by atoms with Crippen molar-refractivity contribution in [2.24, 2.45) is 0 Å². The minimum atomic E-state index is 0.0308. The van der Waals surface area contributed by atoms with Crippen LogP contribution in [0.1, 0.15) is 25.0 Å². The molecule has 1 saturated heterocycles. The lowest BCUT2D eigenvalue weighted by Crippen LogP contribution is -3.15. The number of piperazine rings is 1. The van der Waals surface area contributed by atoms with Gasteiger partial charge in [0.05, 0.1) is 38.5 Å². The van der Waals surface area contributed by atoms with Gasteiger partial charge >= 0.3 is 0 Å². The first-order valence-corrected chi connectivity index (χ1v) is 11.1. The summed E-state index contributed by atoms with van der Waals surface area (Å²) in [6, 6.07) is 11.5. The van der Waals surface area contributed by atoms with Gasteiger partial charge in [-0.2, -0.15) is 0 Å². The van der Waals surface area contributed by atoms with E-state index in [2.05, 4.69) is 17.1 Å². The van der Waals surface area contributed by atoms with E-state index in [0.29, 0.717) is 25.4 Å². The molecule has 0 bridgehead atoms. The number of rotatable bonds is 7. The fourth-order valence-electron chi connectivity index (χ4n) is 4.37. The average molecular weight is 427 g/mol. The Morgan fingerprint density at radius 1 is 1.29 bits per heavy atom. The van der Waals surface area contributed by atoms with E-state index in [4.69, 9.17) is 9.47 Å². The Balaban J connectivity index is 1.29. The molecule has 2 aliphatic rings. The van der Waals surface area contributed by atoms with Gasteiger partial charge < -0.3 is 29.7 Å². The normalized spacial score (nSPS) is 18.4. The minimum absolute atomic E-state index is 0.0308. The van der Waals surface area contributed by atoms with E-state index in [0.717, 1.165) is 60.9 Å². The van der Waals surface area contributed by atoms with Crippen LogP contribution in [-0.4, -0.2) is 56.4 Å². The molecular weight excluding hydrogens is 394 g/mol. The van der Waals surface area contributed by atoms with Crippen LogP contribution in [0.4, 0.5) is 5.69 Å². The van der Waals surface area contributed by atoms with E-state index in [-0.39, 0.29) is 12.0 Å². The van der Waals surface area contributed by atoms with E-state index in [9.17, 15) is 9.90 Å². The standard InChI is InChI=1S/C24H31N3O4/c1-3-30-22-13-18-12-17(2)31-23(18)14-19(22)15-25-24(29)16-26-8-10-27(11-9-26)20-6-4-5-7-21(20)28/h4-7,13-14,17,28H,3,8-12,15-16H2,1-2H3,(H,25,29)/p+1/t17-/m0/s1. The molecule has 0 radical (unpaired) electrons. The fourth-order valence-corrected chi connectivity index (χ4v) is 4.37. The van der Waals surface area contributed by atoms with E-state index < -0.39 is 0 Å². The van der Waals surface area contributed by atoms with Gasteiger partial charge in [0.15, 0.2) is 6.54 Å². The molecule has 166 valence electrons. The summed E-state index contributed by atoms with van der Waals surface area (Å²) in [6.07, 6.45) is 1.06. The van der Waals surface area contributed by atoms with Crippen molar-refractivity contribution in [2.75, 3.05) is 44.2 Å². The maximum atomic E-state index is 12.6.